The number of ketones is 2. The average Bonchev–Trinajstić information content (AvgIpc) is 3.33. The Morgan fingerprint density at radius 3 is 2.73 bits per heavy atom. The molecule has 4 rings (SSSR count). The zero-order chi connectivity index (χ0) is 21.6. The highest BCUT2D eigenvalue weighted by atomic mass is 16.6. The molecule has 4 N–H and O–H groups in total. The number of amides is 1. The zero-order valence-corrected chi connectivity index (χ0v) is 16.8. The van der Waals surface area contributed by atoms with Crippen molar-refractivity contribution in [1.29, 1.82) is 0 Å². The van der Waals surface area contributed by atoms with Gasteiger partial charge in [-0.2, -0.15) is 0 Å². The van der Waals surface area contributed by atoms with Gasteiger partial charge in [0.25, 0.3) is 0 Å². The number of carbonyl (C=O) groups excluding carboxylic acids is 3. The van der Waals surface area contributed by atoms with E-state index in [0.717, 1.165) is 0 Å². The number of hydrogen-bond acceptors (Lipinski definition) is 10. The summed E-state index contributed by atoms with van der Waals surface area (Å²) in [4.78, 5) is 39.7. The molecule has 0 radical (unpaired) electrons. The topological polar surface area (TPSA) is 160 Å². The Kier molecular flexibility index (Phi) is 5.30. The summed E-state index contributed by atoms with van der Waals surface area (Å²) < 4.78 is 21.7. The minimum absolute atomic E-state index is 0.0438. The number of hydrogen-bond donors (Lipinski definition) is 3. The molecule has 0 unspecified atom stereocenters. The number of nitrogens with two attached hydrogens (primary N) is 1. The third-order valence-corrected chi connectivity index (χ3v) is 6.08. The van der Waals surface area contributed by atoms with Gasteiger partial charge in [0.2, 0.25) is 11.6 Å². The summed E-state index contributed by atoms with van der Waals surface area (Å²) in [5.41, 5.74) is 4.83. The third kappa shape index (κ3) is 2.92. The summed E-state index contributed by atoms with van der Waals surface area (Å²) in [6, 6.07) is 0.0234. The van der Waals surface area contributed by atoms with Crippen molar-refractivity contribution in [1.82, 2.24) is 10.2 Å². The van der Waals surface area contributed by atoms with Crippen molar-refractivity contribution in [2.45, 2.75) is 24.7 Å². The van der Waals surface area contributed by atoms with Crippen molar-refractivity contribution >= 4 is 17.7 Å². The van der Waals surface area contributed by atoms with E-state index in [0.29, 0.717) is 6.54 Å². The minimum atomic E-state index is -1.02. The Morgan fingerprint density at radius 1 is 1.30 bits per heavy atom. The van der Waals surface area contributed by atoms with Crippen molar-refractivity contribution < 1.29 is 38.4 Å². The maximum Gasteiger partial charge on any atom is 0.404 e. The number of piperazine rings is 1. The first-order valence-electron chi connectivity index (χ1n) is 9.75. The van der Waals surface area contributed by atoms with Crippen LogP contribution in [0, 0.1) is 5.92 Å². The van der Waals surface area contributed by atoms with Crippen LogP contribution in [0.25, 0.3) is 0 Å². The number of aliphatic hydroxyl groups is 1. The number of carbonyl (C=O) groups is 3. The van der Waals surface area contributed by atoms with Gasteiger partial charge in [0.05, 0.1) is 37.5 Å². The summed E-state index contributed by atoms with van der Waals surface area (Å²) >= 11 is 0. The van der Waals surface area contributed by atoms with Gasteiger partial charge in [-0.05, 0) is 6.92 Å². The molecule has 2 fully saturated rings. The van der Waals surface area contributed by atoms with Gasteiger partial charge in [-0.1, -0.05) is 0 Å². The Balaban J connectivity index is 1.64. The van der Waals surface area contributed by atoms with Crippen LogP contribution in [0.5, 0.6) is 0 Å². The van der Waals surface area contributed by atoms with Gasteiger partial charge in [0.15, 0.2) is 11.5 Å². The first-order valence-corrected chi connectivity index (χ1v) is 9.75. The van der Waals surface area contributed by atoms with Crippen LogP contribution in [0.3, 0.4) is 0 Å². The van der Waals surface area contributed by atoms with Crippen LogP contribution in [-0.2, 0) is 28.5 Å². The molecule has 0 aromatic rings. The fraction of sp³-hybridized carbons (Fsp3) is 0.632. The second-order valence-electron chi connectivity index (χ2n) is 7.56. The SMILES string of the molecule is CO[C@@]12[C@H](COC(N)=O)C3=C(C(=O)C(C)=C(OCCOCCO)C3=O)N1C[C@@H]1N[C@@H]12. The van der Waals surface area contributed by atoms with E-state index in [1.807, 2.05) is 4.90 Å². The number of primary amides is 1. The summed E-state index contributed by atoms with van der Waals surface area (Å²) in [7, 11) is 1.51. The van der Waals surface area contributed by atoms with Crippen LogP contribution < -0.4 is 11.1 Å². The quantitative estimate of drug-likeness (QED) is 0.224. The van der Waals surface area contributed by atoms with Crippen LogP contribution in [0.1, 0.15) is 6.92 Å². The lowest BCUT2D eigenvalue weighted by Gasteiger charge is -2.39. The maximum absolute atomic E-state index is 13.4. The number of Topliss-reactive ketones (excluding diaryl/α,β-unsaturated/α-hetero) is 2. The summed E-state index contributed by atoms with van der Waals surface area (Å²) in [6.07, 6.45) is -0.973. The molecule has 0 saturated carbocycles. The molecule has 0 spiro atoms. The fourth-order valence-corrected chi connectivity index (χ4v) is 4.81. The lowest BCUT2D eigenvalue weighted by atomic mass is 9.83. The highest BCUT2D eigenvalue weighted by Gasteiger charge is 2.72. The molecule has 3 heterocycles. The van der Waals surface area contributed by atoms with E-state index in [9.17, 15) is 14.4 Å². The number of nitrogens with one attached hydrogen (secondary N) is 1. The Bertz CT molecular complexity index is 853. The lowest BCUT2D eigenvalue weighted by Crippen LogP contribution is -2.55. The highest BCUT2D eigenvalue weighted by Crippen LogP contribution is 2.55. The second kappa shape index (κ2) is 7.65. The molecule has 0 aromatic heterocycles. The molecule has 11 nitrogen and oxygen atoms in total. The van der Waals surface area contributed by atoms with Crippen LogP contribution in [0.2, 0.25) is 0 Å². The largest absolute Gasteiger partial charge is 0.487 e. The van der Waals surface area contributed by atoms with Crippen LogP contribution in [-0.4, -0.2) is 92.2 Å². The standard InChI is InChI=1S/C19H25N3O8/c1-9-14(24)13-12(15(25)16(9)29-6-5-28-4-3-23)10(8-30-18(20)26)19(27-2)17-11(21-17)7-22(13)19/h10-11,17,21,23H,3-8H2,1-2H3,(H2,20,26)/t10-,11+,17+,19-/m1/s1. The zero-order valence-electron chi connectivity index (χ0n) is 16.8. The fourth-order valence-electron chi connectivity index (χ4n) is 4.81. The van der Waals surface area contributed by atoms with Gasteiger partial charge < -0.3 is 40.0 Å². The van der Waals surface area contributed by atoms with Gasteiger partial charge >= 0.3 is 6.09 Å². The summed E-state index contributed by atoms with van der Waals surface area (Å²) in [5, 5.41) is 12.1. The predicted molar refractivity (Wildman–Crippen MR) is 99.8 cm³/mol. The molecule has 0 bridgehead atoms. The maximum atomic E-state index is 13.4. The lowest BCUT2D eigenvalue weighted by molar-refractivity contribution is -0.137. The number of methoxy groups -OCH3 is 1. The van der Waals surface area contributed by atoms with Crippen LogP contribution in [0.4, 0.5) is 4.79 Å². The van der Waals surface area contributed by atoms with Crippen molar-refractivity contribution in [3.63, 3.8) is 0 Å². The highest BCUT2D eigenvalue weighted by molar-refractivity contribution is 6.25. The van der Waals surface area contributed by atoms with Gasteiger partial charge in [0.1, 0.15) is 13.2 Å². The molecule has 1 amide bonds. The summed E-state index contributed by atoms with van der Waals surface area (Å²) in [6.45, 7) is 2.07. The van der Waals surface area contributed by atoms with Gasteiger partial charge in [-0.15, -0.1) is 0 Å². The number of nitrogens with zero attached hydrogens (tertiary/aromatic N) is 1. The van der Waals surface area contributed by atoms with Gasteiger partial charge in [-0.25, -0.2) is 4.79 Å². The van der Waals surface area contributed by atoms with E-state index >= 15 is 0 Å². The van der Waals surface area contributed by atoms with Crippen molar-refractivity contribution in [2.75, 3.05) is 46.7 Å². The molecule has 0 aromatic carbocycles. The number of rotatable bonds is 9. The smallest absolute Gasteiger partial charge is 0.404 e. The normalized spacial score (nSPS) is 31.7. The molecule has 11 heteroatoms. The number of ether oxygens (including phenoxy) is 4. The van der Waals surface area contributed by atoms with Crippen LogP contribution >= 0.6 is 0 Å². The molecule has 3 aliphatic heterocycles. The van der Waals surface area contributed by atoms with E-state index in [-0.39, 0.29) is 73.5 Å². The Labute approximate surface area is 172 Å². The molecule has 4 atom stereocenters. The average molecular weight is 423 g/mol. The first-order chi connectivity index (χ1) is 14.4. The monoisotopic (exact) mass is 423 g/mol. The van der Waals surface area contributed by atoms with Crippen molar-refractivity contribution in [2.24, 2.45) is 11.7 Å². The Hall–Kier alpha value is -2.47. The molecule has 30 heavy (non-hydrogen) atoms. The van der Waals surface area contributed by atoms with E-state index in [2.05, 4.69) is 5.32 Å². The van der Waals surface area contributed by atoms with Gasteiger partial charge in [0, 0.05) is 30.8 Å². The molecular weight excluding hydrogens is 398 g/mol. The van der Waals surface area contributed by atoms with Crippen molar-refractivity contribution in [3.05, 3.63) is 22.6 Å². The molecule has 2 saturated heterocycles. The Morgan fingerprint density at radius 2 is 2.07 bits per heavy atom. The van der Waals surface area contributed by atoms with Crippen LogP contribution in [0.15, 0.2) is 22.6 Å². The van der Waals surface area contributed by atoms with Gasteiger partial charge in [-0.3, -0.25) is 9.59 Å². The van der Waals surface area contributed by atoms with E-state index < -0.39 is 23.5 Å². The number of allylic oxidation sites excluding steroid dienone is 2. The molecule has 164 valence electrons. The third-order valence-electron chi connectivity index (χ3n) is 6.08. The first kappa shape index (κ1) is 20.8. The summed E-state index contributed by atoms with van der Waals surface area (Å²) in [5.74, 6) is -1.52. The number of fused-ring (bicyclic) bond motifs is 4. The predicted octanol–water partition coefficient (Wildman–Crippen LogP) is -1.58. The number of aliphatic hydroxyl groups excluding tert-OH is 1. The van der Waals surface area contributed by atoms with E-state index in [1.54, 1.807) is 6.92 Å². The van der Waals surface area contributed by atoms with Crippen molar-refractivity contribution in [3.8, 4) is 0 Å². The molecule has 1 aliphatic carbocycles. The minimum Gasteiger partial charge on any atom is -0.487 e. The molecule has 4 aliphatic rings. The van der Waals surface area contributed by atoms with E-state index in [4.69, 9.17) is 29.8 Å². The second-order valence-corrected chi connectivity index (χ2v) is 7.56. The van der Waals surface area contributed by atoms with E-state index in [1.165, 1.54) is 7.11 Å². The molecular formula is C19H25N3O8.